The van der Waals surface area contributed by atoms with Crippen LogP contribution in [0.1, 0.15) is 42.1 Å². The Bertz CT molecular complexity index is 908. The molecule has 2 aromatic rings. The molecule has 182 valence electrons. The molecule has 9 heteroatoms. The number of aliphatic hydroxyl groups excluding tert-OH is 4. The zero-order chi connectivity index (χ0) is 23.5. The van der Waals surface area contributed by atoms with Gasteiger partial charge in [0.15, 0.2) is 0 Å². The number of aromatic nitrogens is 2. The molecule has 0 spiro atoms. The van der Waals surface area contributed by atoms with Gasteiger partial charge in [-0.15, -0.1) is 5.10 Å². The van der Waals surface area contributed by atoms with Gasteiger partial charge in [0, 0.05) is 24.3 Å². The van der Waals surface area contributed by atoms with Crippen LogP contribution in [0, 0.1) is 6.92 Å². The topological polar surface area (TPSA) is 126 Å². The van der Waals surface area contributed by atoms with Gasteiger partial charge in [-0.2, -0.15) is 0 Å². The second-order valence-corrected chi connectivity index (χ2v) is 8.85. The fourth-order valence-corrected chi connectivity index (χ4v) is 4.38. The van der Waals surface area contributed by atoms with E-state index in [1.807, 2.05) is 11.6 Å². The molecule has 0 radical (unpaired) electrons. The van der Waals surface area contributed by atoms with E-state index in [0.29, 0.717) is 13.0 Å². The second-order valence-electron chi connectivity index (χ2n) is 8.85. The van der Waals surface area contributed by atoms with Gasteiger partial charge in [0.2, 0.25) is 12.2 Å². The SMILES string of the molecule is CCc1ccc(Cc2c(O[C@@H]3O[C@H](CO)[C@@H](O)[C@H](O)[C@H]3O)nn(C[C@H]3CCCO3)c2C)cc1. The van der Waals surface area contributed by atoms with E-state index in [1.165, 1.54) is 5.56 Å². The Labute approximate surface area is 193 Å². The first-order valence-corrected chi connectivity index (χ1v) is 11.6. The summed E-state index contributed by atoms with van der Waals surface area (Å²) in [6, 6.07) is 8.35. The molecule has 4 N–H and O–H groups in total. The van der Waals surface area contributed by atoms with Gasteiger partial charge in [-0.05, 0) is 37.3 Å². The lowest BCUT2D eigenvalue weighted by atomic mass is 9.99. The van der Waals surface area contributed by atoms with Crippen molar-refractivity contribution in [1.29, 1.82) is 0 Å². The lowest BCUT2D eigenvalue weighted by Crippen LogP contribution is -2.60. The third-order valence-electron chi connectivity index (χ3n) is 6.58. The summed E-state index contributed by atoms with van der Waals surface area (Å²) in [4.78, 5) is 0. The molecule has 2 saturated heterocycles. The van der Waals surface area contributed by atoms with Gasteiger partial charge in [-0.3, -0.25) is 4.68 Å². The Morgan fingerprint density at radius 2 is 1.82 bits per heavy atom. The minimum atomic E-state index is -1.51. The van der Waals surface area contributed by atoms with E-state index >= 15 is 0 Å². The van der Waals surface area contributed by atoms with Crippen LogP contribution in [0.5, 0.6) is 5.88 Å². The molecule has 3 heterocycles. The summed E-state index contributed by atoms with van der Waals surface area (Å²) in [5.41, 5.74) is 4.10. The summed E-state index contributed by atoms with van der Waals surface area (Å²) in [5, 5.41) is 44.7. The maximum atomic E-state index is 10.4. The van der Waals surface area contributed by atoms with Gasteiger partial charge in [0.25, 0.3) is 0 Å². The highest BCUT2D eigenvalue weighted by Gasteiger charge is 2.45. The van der Waals surface area contributed by atoms with E-state index in [4.69, 9.17) is 14.2 Å². The number of aliphatic hydroxyl groups is 4. The molecule has 2 aliphatic rings. The van der Waals surface area contributed by atoms with E-state index < -0.39 is 37.3 Å². The summed E-state index contributed by atoms with van der Waals surface area (Å²) < 4.78 is 19.1. The normalized spacial score (nSPS) is 30.0. The van der Waals surface area contributed by atoms with Crippen LogP contribution in [0.3, 0.4) is 0 Å². The highest BCUT2D eigenvalue weighted by molar-refractivity contribution is 5.37. The molecule has 0 bridgehead atoms. The van der Waals surface area contributed by atoms with Crippen LogP contribution in [-0.2, 0) is 28.9 Å². The molecule has 1 aromatic carbocycles. The van der Waals surface area contributed by atoms with Gasteiger partial charge in [0.1, 0.15) is 24.4 Å². The lowest BCUT2D eigenvalue weighted by Gasteiger charge is -2.39. The van der Waals surface area contributed by atoms with Crippen LogP contribution in [0.25, 0.3) is 0 Å². The molecule has 0 unspecified atom stereocenters. The van der Waals surface area contributed by atoms with Gasteiger partial charge in [-0.1, -0.05) is 31.2 Å². The largest absolute Gasteiger partial charge is 0.443 e. The second kappa shape index (κ2) is 10.5. The quantitative estimate of drug-likeness (QED) is 0.452. The average molecular weight is 463 g/mol. The predicted octanol–water partition coefficient (Wildman–Crippen LogP) is 0.702. The number of aryl methyl sites for hydroxylation is 1. The number of rotatable bonds is 8. The van der Waals surface area contributed by atoms with Gasteiger partial charge < -0.3 is 34.6 Å². The first kappa shape index (κ1) is 24.1. The molecule has 1 aromatic heterocycles. The third kappa shape index (κ3) is 5.24. The third-order valence-corrected chi connectivity index (χ3v) is 6.58. The Kier molecular flexibility index (Phi) is 7.68. The smallest absolute Gasteiger partial charge is 0.239 e. The summed E-state index contributed by atoms with van der Waals surface area (Å²) >= 11 is 0. The van der Waals surface area contributed by atoms with Gasteiger partial charge in [0.05, 0.1) is 19.3 Å². The van der Waals surface area contributed by atoms with E-state index in [-0.39, 0.29) is 12.0 Å². The van der Waals surface area contributed by atoms with E-state index in [1.54, 1.807) is 0 Å². The minimum absolute atomic E-state index is 0.0837. The molecule has 2 aliphatic heterocycles. The van der Waals surface area contributed by atoms with Crippen LogP contribution in [0.2, 0.25) is 0 Å². The van der Waals surface area contributed by atoms with Crippen molar-refractivity contribution in [3.05, 3.63) is 46.6 Å². The van der Waals surface area contributed by atoms with Crippen LogP contribution in [0.15, 0.2) is 24.3 Å². The molecule has 33 heavy (non-hydrogen) atoms. The maximum absolute atomic E-state index is 10.4. The summed E-state index contributed by atoms with van der Waals surface area (Å²) in [7, 11) is 0. The van der Waals surface area contributed by atoms with Crippen molar-refractivity contribution in [3.8, 4) is 5.88 Å². The highest BCUT2D eigenvalue weighted by Crippen LogP contribution is 2.30. The van der Waals surface area contributed by atoms with Crippen LogP contribution in [0.4, 0.5) is 0 Å². The van der Waals surface area contributed by atoms with Crippen molar-refractivity contribution in [3.63, 3.8) is 0 Å². The van der Waals surface area contributed by atoms with Crippen LogP contribution >= 0.6 is 0 Å². The zero-order valence-electron chi connectivity index (χ0n) is 19.1. The highest BCUT2D eigenvalue weighted by atomic mass is 16.7. The Morgan fingerprint density at radius 3 is 2.45 bits per heavy atom. The summed E-state index contributed by atoms with van der Waals surface area (Å²) in [6.07, 6.45) is -3.19. The van der Waals surface area contributed by atoms with E-state index in [2.05, 4.69) is 36.3 Å². The molecule has 0 amide bonds. The van der Waals surface area contributed by atoms with Crippen molar-refractivity contribution in [1.82, 2.24) is 9.78 Å². The summed E-state index contributed by atoms with van der Waals surface area (Å²) in [5.74, 6) is 0.286. The predicted molar refractivity (Wildman–Crippen MR) is 119 cm³/mol. The fraction of sp³-hybridized carbons (Fsp3) is 0.625. The molecule has 0 aliphatic carbocycles. The Hall–Kier alpha value is -2.01. The number of hydrogen-bond acceptors (Lipinski definition) is 8. The zero-order valence-corrected chi connectivity index (χ0v) is 19.1. The van der Waals surface area contributed by atoms with Gasteiger partial charge in [-0.25, -0.2) is 0 Å². The average Bonchev–Trinajstić information content (AvgIpc) is 3.44. The first-order chi connectivity index (χ1) is 15.9. The number of nitrogens with zero attached hydrogens (tertiary/aromatic N) is 2. The molecular formula is C24H34N2O7. The van der Waals surface area contributed by atoms with Crippen molar-refractivity contribution in [2.24, 2.45) is 0 Å². The number of ether oxygens (including phenoxy) is 3. The monoisotopic (exact) mass is 462 g/mol. The first-order valence-electron chi connectivity index (χ1n) is 11.6. The standard InChI is InChI=1S/C24H34N2O7/c1-3-15-6-8-16(9-7-15)11-18-14(2)26(12-17-5-4-10-31-17)25-23(18)33-24-22(30)21(29)20(28)19(13-27)32-24/h6-9,17,19-22,24,27-30H,3-5,10-13H2,1-2H3/t17-,19-,20-,21+,22-,24+/m1/s1. The van der Waals surface area contributed by atoms with Crippen LogP contribution < -0.4 is 4.74 Å². The molecule has 0 saturated carbocycles. The van der Waals surface area contributed by atoms with Crippen molar-refractivity contribution >= 4 is 0 Å². The van der Waals surface area contributed by atoms with E-state index in [9.17, 15) is 20.4 Å². The minimum Gasteiger partial charge on any atom is -0.443 e. The molecular weight excluding hydrogens is 428 g/mol. The lowest BCUT2D eigenvalue weighted by molar-refractivity contribution is -0.278. The summed E-state index contributed by atoms with van der Waals surface area (Å²) in [6.45, 7) is 4.90. The molecule has 2 fully saturated rings. The Balaban J connectivity index is 1.61. The van der Waals surface area contributed by atoms with Crippen molar-refractivity contribution in [2.75, 3.05) is 13.2 Å². The maximum Gasteiger partial charge on any atom is 0.239 e. The van der Waals surface area contributed by atoms with Crippen molar-refractivity contribution in [2.45, 2.75) is 82.9 Å². The fourth-order valence-electron chi connectivity index (χ4n) is 4.38. The molecule has 6 atom stereocenters. The number of benzene rings is 1. The molecule has 4 rings (SSSR count). The Morgan fingerprint density at radius 1 is 1.09 bits per heavy atom. The van der Waals surface area contributed by atoms with Crippen molar-refractivity contribution < 1.29 is 34.6 Å². The van der Waals surface area contributed by atoms with E-state index in [0.717, 1.165) is 42.7 Å². The molecule has 9 nitrogen and oxygen atoms in total. The van der Waals surface area contributed by atoms with Gasteiger partial charge >= 0.3 is 0 Å². The van der Waals surface area contributed by atoms with Crippen LogP contribution in [-0.4, -0.2) is 80.2 Å². The number of hydrogen-bond donors (Lipinski definition) is 4.